The molecule has 0 bridgehead atoms. The zero-order chi connectivity index (χ0) is 25.4. The van der Waals surface area contributed by atoms with Crippen molar-refractivity contribution in [2.45, 2.75) is 19.0 Å². The molecule has 0 aliphatic carbocycles. The van der Waals surface area contributed by atoms with Gasteiger partial charge in [-0.3, -0.25) is 9.59 Å². The summed E-state index contributed by atoms with van der Waals surface area (Å²) in [5, 5.41) is 13.3. The fourth-order valence-electron chi connectivity index (χ4n) is 4.71. The van der Waals surface area contributed by atoms with Gasteiger partial charge in [-0.25, -0.2) is 0 Å². The van der Waals surface area contributed by atoms with Crippen molar-refractivity contribution in [3.8, 4) is 23.0 Å². The SMILES string of the molecule is COc1cc(C2/C(=C(\O)c3ccc4c(c3)CCO4)C(=O)C(=O)N2Cc2cccs2)cc(OC)c1OC. The number of Topliss-reactive ketones (excluding diaryl/α,β-unsaturated/α-hetero) is 1. The van der Waals surface area contributed by atoms with Gasteiger partial charge < -0.3 is 29.0 Å². The molecule has 5 rings (SSSR count). The van der Waals surface area contributed by atoms with Gasteiger partial charge in [0.1, 0.15) is 11.5 Å². The van der Waals surface area contributed by atoms with E-state index in [0.29, 0.717) is 41.4 Å². The van der Waals surface area contributed by atoms with Gasteiger partial charge in [-0.2, -0.15) is 0 Å². The summed E-state index contributed by atoms with van der Waals surface area (Å²) in [6.45, 7) is 0.772. The molecule has 2 aromatic carbocycles. The molecule has 0 spiro atoms. The van der Waals surface area contributed by atoms with Gasteiger partial charge >= 0.3 is 0 Å². The van der Waals surface area contributed by atoms with E-state index >= 15 is 0 Å². The first-order chi connectivity index (χ1) is 17.5. The van der Waals surface area contributed by atoms with Crippen LogP contribution < -0.4 is 18.9 Å². The highest BCUT2D eigenvalue weighted by Gasteiger charge is 2.46. The van der Waals surface area contributed by atoms with Crippen molar-refractivity contribution in [2.24, 2.45) is 0 Å². The van der Waals surface area contributed by atoms with E-state index in [1.54, 1.807) is 30.3 Å². The topological polar surface area (TPSA) is 94.5 Å². The van der Waals surface area contributed by atoms with E-state index in [-0.39, 0.29) is 17.9 Å². The van der Waals surface area contributed by atoms with Gasteiger partial charge in [0, 0.05) is 16.9 Å². The molecule has 2 aliphatic heterocycles. The van der Waals surface area contributed by atoms with E-state index in [9.17, 15) is 14.7 Å². The predicted octanol–water partition coefficient (Wildman–Crippen LogP) is 4.33. The maximum absolute atomic E-state index is 13.4. The number of thiophene rings is 1. The first-order valence-corrected chi connectivity index (χ1v) is 12.2. The lowest BCUT2D eigenvalue weighted by molar-refractivity contribution is -0.140. The smallest absolute Gasteiger partial charge is 0.295 e. The standard InChI is InChI=1S/C27H25NO7S/c1-32-20-12-17(13-21(33-2)26(20)34-3)23-22(24(29)16-6-7-19-15(11-16)8-9-35-19)25(30)27(31)28(23)14-18-5-4-10-36-18/h4-7,10-13,23,29H,8-9,14H2,1-3H3/b24-22+. The molecule has 9 heteroatoms. The number of carbonyl (C=O) groups is 2. The first-order valence-electron chi connectivity index (χ1n) is 11.3. The second-order valence-corrected chi connectivity index (χ2v) is 9.42. The molecular weight excluding hydrogens is 482 g/mol. The summed E-state index contributed by atoms with van der Waals surface area (Å²) in [7, 11) is 4.49. The molecule has 186 valence electrons. The first kappa shape index (κ1) is 23.7. The Balaban J connectivity index is 1.70. The van der Waals surface area contributed by atoms with Crippen molar-refractivity contribution in [2.75, 3.05) is 27.9 Å². The number of carbonyl (C=O) groups excluding carboxylic acids is 2. The van der Waals surface area contributed by atoms with Gasteiger partial charge in [0.2, 0.25) is 5.75 Å². The molecule has 1 amide bonds. The summed E-state index contributed by atoms with van der Waals surface area (Å²) in [6, 6.07) is 11.6. The number of fused-ring (bicyclic) bond motifs is 1. The Morgan fingerprint density at radius 3 is 2.47 bits per heavy atom. The number of aliphatic hydroxyl groups excluding tert-OH is 1. The Hall–Kier alpha value is -3.98. The molecule has 0 saturated carbocycles. The van der Waals surface area contributed by atoms with E-state index in [1.807, 2.05) is 17.5 Å². The minimum atomic E-state index is -0.870. The van der Waals surface area contributed by atoms with E-state index < -0.39 is 17.7 Å². The summed E-state index contributed by atoms with van der Waals surface area (Å²) in [5.41, 5.74) is 1.94. The average Bonchev–Trinajstić information content (AvgIpc) is 3.64. The Morgan fingerprint density at radius 2 is 1.83 bits per heavy atom. The highest BCUT2D eigenvalue weighted by Crippen LogP contribution is 2.46. The normalized spacial score (nSPS) is 18.2. The largest absolute Gasteiger partial charge is 0.507 e. The molecule has 1 N–H and O–H groups in total. The molecule has 0 radical (unpaired) electrons. The van der Waals surface area contributed by atoms with Crippen LogP contribution in [0.2, 0.25) is 0 Å². The number of ketones is 1. The molecule has 1 saturated heterocycles. The van der Waals surface area contributed by atoms with Crippen LogP contribution in [0.1, 0.15) is 27.6 Å². The lowest BCUT2D eigenvalue weighted by Crippen LogP contribution is -2.29. The summed E-state index contributed by atoms with van der Waals surface area (Å²) in [6.07, 6.45) is 0.708. The minimum Gasteiger partial charge on any atom is -0.507 e. The Labute approximate surface area is 212 Å². The highest BCUT2D eigenvalue weighted by molar-refractivity contribution is 7.09. The van der Waals surface area contributed by atoms with Gasteiger partial charge in [-0.1, -0.05) is 6.07 Å². The fraction of sp³-hybridized carbons (Fsp3) is 0.259. The third-order valence-corrected chi connectivity index (χ3v) is 7.27. The minimum absolute atomic E-state index is 0.00435. The molecule has 36 heavy (non-hydrogen) atoms. The van der Waals surface area contributed by atoms with Crippen molar-refractivity contribution in [3.05, 3.63) is 75.0 Å². The molecule has 1 atom stereocenters. The summed E-state index contributed by atoms with van der Waals surface area (Å²) in [4.78, 5) is 29.1. The van der Waals surface area contributed by atoms with Crippen LogP contribution in [0.5, 0.6) is 23.0 Å². The molecule has 1 fully saturated rings. The van der Waals surface area contributed by atoms with Gasteiger partial charge in [0.15, 0.2) is 11.5 Å². The molecule has 3 aromatic rings. The Bertz CT molecular complexity index is 1340. The zero-order valence-electron chi connectivity index (χ0n) is 20.1. The molecule has 1 aromatic heterocycles. The quantitative estimate of drug-likeness (QED) is 0.289. The monoisotopic (exact) mass is 507 g/mol. The van der Waals surface area contributed by atoms with Crippen LogP contribution in [-0.4, -0.2) is 49.6 Å². The maximum Gasteiger partial charge on any atom is 0.295 e. The number of rotatable bonds is 7. The number of hydrogen-bond donors (Lipinski definition) is 1. The van der Waals surface area contributed by atoms with Gasteiger partial charge in [0.05, 0.1) is 46.1 Å². The summed E-state index contributed by atoms with van der Waals surface area (Å²) < 4.78 is 22.1. The van der Waals surface area contributed by atoms with Crippen molar-refractivity contribution < 1.29 is 33.6 Å². The summed E-state index contributed by atoms with van der Waals surface area (Å²) in [5.74, 6) is 0.221. The van der Waals surface area contributed by atoms with Crippen molar-refractivity contribution >= 4 is 28.8 Å². The van der Waals surface area contributed by atoms with Crippen LogP contribution in [0.3, 0.4) is 0 Å². The highest BCUT2D eigenvalue weighted by atomic mass is 32.1. The maximum atomic E-state index is 13.4. The number of hydrogen-bond acceptors (Lipinski definition) is 8. The molecule has 2 aliphatic rings. The number of nitrogens with zero attached hydrogens (tertiary/aromatic N) is 1. The van der Waals surface area contributed by atoms with Crippen LogP contribution in [0.15, 0.2) is 53.4 Å². The van der Waals surface area contributed by atoms with Crippen LogP contribution in [0, 0.1) is 0 Å². The number of amides is 1. The molecular formula is C27H25NO7S. The number of aliphatic hydroxyl groups is 1. The van der Waals surface area contributed by atoms with Gasteiger partial charge in [0.25, 0.3) is 11.7 Å². The molecule has 3 heterocycles. The van der Waals surface area contributed by atoms with Crippen LogP contribution >= 0.6 is 11.3 Å². The van der Waals surface area contributed by atoms with Crippen molar-refractivity contribution in [1.82, 2.24) is 4.90 Å². The van der Waals surface area contributed by atoms with E-state index in [1.165, 1.54) is 37.6 Å². The van der Waals surface area contributed by atoms with Gasteiger partial charge in [-0.05, 0) is 52.9 Å². The predicted molar refractivity (Wildman–Crippen MR) is 134 cm³/mol. The van der Waals surface area contributed by atoms with Crippen molar-refractivity contribution in [1.29, 1.82) is 0 Å². The number of methoxy groups -OCH3 is 3. The van der Waals surface area contributed by atoms with E-state index in [2.05, 4.69) is 0 Å². The third-order valence-electron chi connectivity index (χ3n) is 6.41. The number of ether oxygens (including phenoxy) is 4. The zero-order valence-corrected chi connectivity index (χ0v) is 20.9. The third kappa shape index (κ3) is 3.95. The number of likely N-dealkylation sites (tertiary alicyclic amines) is 1. The molecule has 8 nitrogen and oxygen atoms in total. The van der Waals surface area contributed by atoms with Crippen LogP contribution in [0.25, 0.3) is 5.76 Å². The van der Waals surface area contributed by atoms with E-state index in [4.69, 9.17) is 18.9 Å². The molecule has 1 unspecified atom stereocenters. The average molecular weight is 508 g/mol. The van der Waals surface area contributed by atoms with Crippen molar-refractivity contribution in [3.63, 3.8) is 0 Å². The lowest BCUT2D eigenvalue weighted by atomic mass is 9.94. The van der Waals surface area contributed by atoms with E-state index in [0.717, 1.165) is 16.2 Å². The Morgan fingerprint density at radius 1 is 1.08 bits per heavy atom. The summed E-state index contributed by atoms with van der Waals surface area (Å²) >= 11 is 1.48. The van der Waals surface area contributed by atoms with Crippen LogP contribution in [0.4, 0.5) is 0 Å². The second-order valence-electron chi connectivity index (χ2n) is 8.39. The second kappa shape index (κ2) is 9.58. The lowest BCUT2D eigenvalue weighted by Gasteiger charge is -2.26. The van der Waals surface area contributed by atoms with Gasteiger partial charge in [-0.15, -0.1) is 11.3 Å². The number of benzene rings is 2. The van der Waals surface area contributed by atoms with Crippen LogP contribution in [-0.2, 0) is 22.6 Å². The Kier molecular flexibility index (Phi) is 6.32. The fourth-order valence-corrected chi connectivity index (χ4v) is 5.41.